The molecule has 0 aliphatic carbocycles. The van der Waals surface area contributed by atoms with Gasteiger partial charge in [-0.2, -0.15) is 9.97 Å². The number of imidazole rings is 2. The molecule has 0 saturated carbocycles. The van der Waals surface area contributed by atoms with Crippen molar-refractivity contribution in [2.75, 3.05) is 30.6 Å². The van der Waals surface area contributed by atoms with Gasteiger partial charge in [0.2, 0.25) is 11.9 Å². The Balaban J connectivity index is 1.24. The first-order valence-electron chi connectivity index (χ1n) is 15.7. The summed E-state index contributed by atoms with van der Waals surface area (Å²) in [5.41, 5.74) is 9.39. The SMILES string of the molecule is CC(C)OC(=O)OCSP1(=O)OC[C@H]2O[C@@H](n3cnc4c(=O)[nH]c(N)nc43)[C@@H](F)C2OP(O)(=S)OC[C@H]2O[C@@H](n3cnc4c(=O)[nH]c(N)nc43)[C@@H](O1)C2O. The molecule has 294 valence electrons. The average molecular weight is 841 g/mol. The van der Waals surface area contributed by atoms with Gasteiger partial charge in [0.15, 0.2) is 46.9 Å². The number of hydrogen-bond donors (Lipinski definition) is 6. The molecule has 54 heavy (non-hydrogen) atoms. The Morgan fingerprint density at radius 2 is 1.59 bits per heavy atom. The number of carbonyl (C=O) groups is 1. The van der Waals surface area contributed by atoms with Crippen LogP contribution in [-0.2, 0) is 53.4 Å². The molecule has 0 amide bonds. The summed E-state index contributed by atoms with van der Waals surface area (Å²) in [6.45, 7) is -7.45. The zero-order valence-electron chi connectivity index (χ0n) is 27.7. The fraction of sp³-hybridized carbons (Fsp3) is 0.560. The van der Waals surface area contributed by atoms with Crippen LogP contribution in [0.1, 0.15) is 26.3 Å². The molecule has 0 aromatic carbocycles. The molecular weight excluding hydrogens is 809 g/mol. The van der Waals surface area contributed by atoms with Gasteiger partial charge in [0, 0.05) is 11.4 Å². The molecule has 29 heteroatoms. The molecule has 10 atom stereocenters. The fourth-order valence-corrected chi connectivity index (χ4v) is 9.96. The normalized spacial score (nSPS) is 33.3. The summed E-state index contributed by atoms with van der Waals surface area (Å²) >= 11 is 5.54. The molecule has 3 aliphatic rings. The molecule has 3 aliphatic heterocycles. The monoisotopic (exact) mass is 840 g/mol. The lowest BCUT2D eigenvalue weighted by Gasteiger charge is -2.28. The first-order chi connectivity index (χ1) is 25.5. The second kappa shape index (κ2) is 14.8. The smallest absolute Gasteiger partial charge is 0.432 e. The predicted molar refractivity (Wildman–Crippen MR) is 185 cm³/mol. The van der Waals surface area contributed by atoms with Gasteiger partial charge in [-0.05, 0) is 25.7 Å². The van der Waals surface area contributed by atoms with Gasteiger partial charge in [-0.3, -0.25) is 42.3 Å². The van der Waals surface area contributed by atoms with Gasteiger partial charge in [-0.15, -0.1) is 0 Å². The van der Waals surface area contributed by atoms with Crippen molar-refractivity contribution in [2.45, 2.75) is 69.1 Å². The number of fused-ring (bicyclic) bond motifs is 5. The fourth-order valence-electron chi connectivity index (χ4n) is 5.76. The van der Waals surface area contributed by atoms with E-state index in [0.717, 1.165) is 17.2 Å². The van der Waals surface area contributed by atoms with Crippen LogP contribution >= 0.6 is 24.9 Å². The van der Waals surface area contributed by atoms with Gasteiger partial charge in [0.25, 0.3) is 11.1 Å². The lowest BCUT2D eigenvalue weighted by atomic mass is 10.1. The molecule has 2 bridgehead atoms. The number of nitrogen functional groups attached to an aromatic ring is 2. The van der Waals surface area contributed by atoms with Crippen molar-refractivity contribution in [3.8, 4) is 0 Å². The van der Waals surface area contributed by atoms with Crippen molar-refractivity contribution in [2.24, 2.45) is 0 Å². The third-order valence-corrected chi connectivity index (χ3v) is 13.0. The molecule has 4 aromatic rings. The van der Waals surface area contributed by atoms with Crippen molar-refractivity contribution < 1.29 is 60.8 Å². The summed E-state index contributed by atoms with van der Waals surface area (Å²) in [5, 5.41) is 11.5. The first-order valence-corrected chi connectivity index (χ1v) is 21.4. The second-order valence-electron chi connectivity index (χ2n) is 12.1. The van der Waals surface area contributed by atoms with Crippen LogP contribution < -0.4 is 22.6 Å². The van der Waals surface area contributed by atoms with E-state index in [1.54, 1.807) is 13.8 Å². The lowest BCUT2D eigenvalue weighted by molar-refractivity contribution is -0.0585. The number of ether oxygens (including phenoxy) is 4. The van der Waals surface area contributed by atoms with Gasteiger partial charge in [0.1, 0.15) is 30.5 Å². The van der Waals surface area contributed by atoms with Crippen LogP contribution in [0.5, 0.6) is 0 Å². The summed E-state index contributed by atoms with van der Waals surface area (Å²) in [6.07, 6.45) is -12.9. The molecule has 0 spiro atoms. The van der Waals surface area contributed by atoms with Gasteiger partial charge in [-0.1, -0.05) is 0 Å². The molecule has 0 radical (unpaired) electrons. The van der Waals surface area contributed by atoms with Gasteiger partial charge < -0.3 is 44.9 Å². The zero-order chi connectivity index (χ0) is 38.7. The molecule has 4 aromatic heterocycles. The third-order valence-electron chi connectivity index (χ3n) is 8.05. The minimum absolute atomic E-state index is 0.115. The number of aliphatic hydroxyl groups is 1. The van der Waals surface area contributed by atoms with E-state index in [0.29, 0.717) is 11.4 Å². The Morgan fingerprint density at radius 3 is 2.20 bits per heavy atom. The van der Waals surface area contributed by atoms with Crippen LogP contribution in [0.3, 0.4) is 0 Å². The van der Waals surface area contributed by atoms with E-state index in [1.165, 1.54) is 4.57 Å². The highest BCUT2D eigenvalue weighted by molar-refractivity contribution is 8.55. The molecule has 8 N–H and O–H groups in total. The highest BCUT2D eigenvalue weighted by atomic mass is 32.7. The van der Waals surface area contributed by atoms with Crippen LogP contribution in [0.15, 0.2) is 22.2 Å². The Morgan fingerprint density at radius 1 is 1.02 bits per heavy atom. The molecule has 3 fully saturated rings. The van der Waals surface area contributed by atoms with Crippen molar-refractivity contribution in [3.63, 3.8) is 0 Å². The van der Waals surface area contributed by atoms with Gasteiger partial charge in [0.05, 0.1) is 32.0 Å². The highest BCUT2D eigenvalue weighted by Crippen LogP contribution is 2.64. The zero-order valence-corrected chi connectivity index (χ0v) is 31.1. The number of rotatable bonds is 6. The van der Waals surface area contributed by atoms with Crippen molar-refractivity contribution in [1.29, 1.82) is 0 Å². The Hall–Kier alpha value is -3.59. The number of alkyl halides is 1. The lowest BCUT2D eigenvalue weighted by Crippen LogP contribution is -2.35. The maximum absolute atomic E-state index is 16.4. The molecular formula is C25H31FN10O14P2S2. The number of halogens is 1. The summed E-state index contributed by atoms with van der Waals surface area (Å²) in [6, 6.07) is 0. The summed E-state index contributed by atoms with van der Waals surface area (Å²) in [5.74, 6) is -1.26. The summed E-state index contributed by atoms with van der Waals surface area (Å²) < 4.78 is 77.9. The van der Waals surface area contributed by atoms with Gasteiger partial charge >= 0.3 is 19.7 Å². The molecule has 7 rings (SSSR count). The number of nitrogens with two attached hydrogens (primary N) is 2. The van der Waals surface area contributed by atoms with E-state index >= 15 is 4.39 Å². The Bertz CT molecular complexity index is 2290. The minimum atomic E-state index is -4.68. The molecule has 4 unspecified atom stereocenters. The number of nitrogens with zero attached hydrogens (tertiary/aromatic N) is 6. The van der Waals surface area contributed by atoms with Crippen LogP contribution in [0, 0.1) is 0 Å². The Kier molecular flexibility index (Phi) is 10.6. The average Bonchev–Trinajstić information content (AvgIpc) is 3.84. The standard InChI is InChI=1S/C25H31FN10O14P2S2/c1-8(2)46-25(40)43-7-54-52(42)45-4-10-15(11(26)21(48-10)35-5-29-12-17(35)31-23(27)33-19(12)38)49-51(41,53)44-3-9-14(37)16(50-52)22(47-9)36-6-30-13-18(36)32-24(28)34-20(13)39/h5-6,8-11,14-16,21-22,37H,3-4,7H2,1-2H3,(H,41,53)(H3,27,31,33,38)(H3,28,32,34,39)/t9-,10-,11+,14?,15?,16+,21-,22-,51?,52?/m1/s1. The predicted octanol–water partition coefficient (Wildman–Crippen LogP) is 0.305. The second-order valence-corrected chi connectivity index (χ2v) is 18.8. The van der Waals surface area contributed by atoms with E-state index in [4.69, 9.17) is 60.3 Å². The molecule has 24 nitrogen and oxygen atoms in total. The quantitative estimate of drug-likeness (QED) is 0.0864. The maximum Gasteiger partial charge on any atom is 0.509 e. The van der Waals surface area contributed by atoms with Crippen LogP contribution in [0.25, 0.3) is 22.3 Å². The highest BCUT2D eigenvalue weighted by Gasteiger charge is 2.54. The van der Waals surface area contributed by atoms with Crippen molar-refractivity contribution in [1.82, 2.24) is 39.0 Å². The number of aromatic amines is 2. The molecule has 7 heterocycles. The van der Waals surface area contributed by atoms with Crippen LogP contribution in [-0.4, -0.2) is 117 Å². The number of hydrogen-bond acceptors (Lipinski definition) is 21. The van der Waals surface area contributed by atoms with Crippen molar-refractivity contribution >= 4 is 77.1 Å². The summed E-state index contributed by atoms with van der Waals surface area (Å²) in [4.78, 5) is 68.9. The largest absolute Gasteiger partial charge is 0.509 e. The van der Waals surface area contributed by atoms with Crippen LogP contribution in [0.4, 0.5) is 21.1 Å². The van der Waals surface area contributed by atoms with E-state index < -0.39 is 105 Å². The number of anilines is 2. The minimum Gasteiger partial charge on any atom is -0.432 e. The van der Waals surface area contributed by atoms with E-state index in [2.05, 4.69) is 29.9 Å². The number of carbonyl (C=O) groups excluding carboxylic acids is 1. The van der Waals surface area contributed by atoms with Gasteiger partial charge in [-0.25, -0.2) is 23.7 Å². The van der Waals surface area contributed by atoms with E-state index in [9.17, 15) is 28.9 Å². The van der Waals surface area contributed by atoms with Crippen molar-refractivity contribution in [3.05, 3.63) is 33.4 Å². The molecule has 3 saturated heterocycles. The number of aromatic nitrogens is 8. The third kappa shape index (κ3) is 7.63. The topological polar surface area (TPSA) is 328 Å². The van der Waals surface area contributed by atoms with E-state index in [1.807, 2.05) is 0 Å². The number of H-pyrrole nitrogens is 2. The summed E-state index contributed by atoms with van der Waals surface area (Å²) in [7, 11) is 0. The van der Waals surface area contributed by atoms with E-state index in [-0.39, 0.29) is 34.2 Å². The Labute approximate surface area is 309 Å². The number of aliphatic hydroxyl groups excluding tert-OH is 1. The maximum atomic E-state index is 16.4. The first kappa shape index (κ1) is 38.7. The van der Waals surface area contributed by atoms with Crippen LogP contribution in [0.2, 0.25) is 0 Å². The number of nitrogens with one attached hydrogen (secondary N) is 2.